The minimum Gasteiger partial charge on any atom is -0.342 e. The van der Waals surface area contributed by atoms with Crippen molar-refractivity contribution in [1.82, 2.24) is 24.6 Å². The van der Waals surface area contributed by atoms with Gasteiger partial charge in [0.05, 0.1) is 11.7 Å². The van der Waals surface area contributed by atoms with Gasteiger partial charge in [-0.15, -0.1) is 5.10 Å². The second-order valence-corrected chi connectivity index (χ2v) is 9.99. The molecule has 3 heterocycles. The fourth-order valence-corrected chi connectivity index (χ4v) is 5.26. The summed E-state index contributed by atoms with van der Waals surface area (Å²) < 4.78 is 2.87. The fourth-order valence-electron chi connectivity index (χ4n) is 4.50. The first-order chi connectivity index (χ1) is 14.4. The molecule has 1 aromatic heterocycles. The molecule has 4 rings (SSSR count). The minimum atomic E-state index is 0.167. The van der Waals surface area contributed by atoms with E-state index in [4.69, 9.17) is 11.6 Å². The van der Waals surface area contributed by atoms with Crippen molar-refractivity contribution in [2.24, 2.45) is 11.8 Å². The van der Waals surface area contributed by atoms with E-state index in [1.807, 2.05) is 29.8 Å². The summed E-state index contributed by atoms with van der Waals surface area (Å²) in [5.41, 5.74) is 0.835. The van der Waals surface area contributed by atoms with Gasteiger partial charge in [-0.2, -0.15) is 0 Å². The third-order valence-electron chi connectivity index (χ3n) is 6.27. The lowest BCUT2D eigenvalue weighted by molar-refractivity contribution is -0.139. The van der Waals surface area contributed by atoms with Gasteiger partial charge < -0.3 is 4.90 Å². The van der Waals surface area contributed by atoms with Crippen LogP contribution in [0.3, 0.4) is 0 Å². The molecule has 0 aliphatic carbocycles. The van der Waals surface area contributed by atoms with Crippen molar-refractivity contribution in [2.75, 3.05) is 26.2 Å². The lowest BCUT2D eigenvalue weighted by atomic mass is 9.93. The van der Waals surface area contributed by atoms with Gasteiger partial charge in [0.15, 0.2) is 5.82 Å². The van der Waals surface area contributed by atoms with Crippen LogP contribution in [0.5, 0.6) is 0 Å². The third-order valence-corrected chi connectivity index (χ3v) is 7.07. The standard InChI is InChI=1S/C22H29BrClN5O/c1-15-4-3-9-28(13-15)22(30)17-7-10-27(11-8-17)14-29-16(2)25-21(26-29)19-6-5-18(23)12-20(19)24/h5-6,12,15,17H,3-4,7-11,13-14H2,1-2H3. The van der Waals surface area contributed by atoms with Crippen molar-refractivity contribution in [1.29, 1.82) is 0 Å². The van der Waals surface area contributed by atoms with Gasteiger partial charge in [0.25, 0.3) is 0 Å². The van der Waals surface area contributed by atoms with Gasteiger partial charge in [0.1, 0.15) is 5.82 Å². The number of halogens is 2. The smallest absolute Gasteiger partial charge is 0.225 e. The molecule has 8 heteroatoms. The van der Waals surface area contributed by atoms with Crippen molar-refractivity contribution < 1.29 is 4.79 Å². The number of likely N-dealkylation sites (tertiary alicyclic amines) is 2. The Hall–Kier alpha value is -1.44. The van der Waals surface area contributed by atoms with Crippen LogP contribution in [0.4, 0.5) is 0 Å². The third kappa shape index (κ3) is 4.89. The second kappa shape index (κ2) is 9.37. The lowest BCUT2D eigenvalue weighted by Gasteiger charge is -2.37. The Balaban J connectivity index is 1.35. The van der Waals surface area contributed by atoms with Crippen molar-refractivity contribution in [3.8, 4) is 11.4 Å². The predicted octanol–water partition coefficient (Wildman–Crippen LogP) is 4.60. The zero-order chi connectivity index (χ0) is 21.3. The number of piperidine rings is 2. The number of aromatic nitrogens is 3. The van der Waals surface area contributed by atoms with Gasteiger partial charge in [0, 0.05) is 42.1 Å². The normalized spacial score (nSPS) is 21.2. The van der Waals surface area contributed by atoms with E-state index in [0.717, 1.165) is 61.3 Å². The van der Waals surface area contributed by atoms with Gasteiger partial charge in [-0.3, -0.25) is 9.69 Å². The first-order valence-electron chi connectivity index (χ1n) is 10.8. The summed E-state index contributed by atoms with van der Waals surface area (Å²) in [4.78, 5) is 22.0. The molecule has 6 nitrogen and oxygen atoms in total. The highest BCUT2D eigenvalue weighted by molar-refractivity contribution is 9.10. The molecule has 2 fully saturated rings. The Kier molecular flexibility index (Phi) is 6.80. The Bertz CT molecular complexity index is 909. The summed E-state index contributed by atoms with van der Waals surface area (Å²) in [7, 11) is 0. The molecule has 0 radical (unpaired) electrons. The van der Waals surface area contributed by atoms with Crippen LogP contribution in [-0.4, -0.2) is 56.7 Å². The maximum atomic E-state index is 12.9. The molecule has 30 heavy (non-hydrogen) atoms. The molecule has 0 saturated carbocycles. The molecular formula is C22H29BrClN5O. The Morgan fingerprint density at radius 1 is 1.23 bits per heavy atom. The maximum Gasteiger partial charge on any atom is 0.225 e. The monoisotopic (exact) mass is 493 g/mol. The Morgan fingerprint density at radius 2 is 2.00 bits per heavy atom. The average Bonchev–Trinajstić information content (AvgIpc) is 3.08. The van der Waals surface area contributed by atoms with E-state index in [9.17, 15) is 4.79 Å². The first kappa shape index (κ1) is 21.8. The summed E-state index contributed by atoms with van der Waals surface area (Å²) in [6.07, 6.45) is 4.22. The molecule has 1 amide bonds. The first-order valence-corrected chi connectivity index (χ1v) is 12.0. The maximum absolute atomic E-state index is 12.9. The van der Waals surface area contributed by atoms with E-state index in [-0.39, 0.29) is 5.92 Å². The number of amides is 1. The highest BCUT2D eigenvalue weighted by atomic mass is 79.9. The van der Waals surface area contributed by atoms with Crippen LogP contribution >= 0.6 is 27.5 Å². The zero-order valence-corrected chi connectivity index (χ0v) is 20.0. The number of hydrogen-bond donors (Lipinski definition) is 0. The molecule has 1 aromatic carbocycles. The van der Waals surface area contributed by atoms with Crippen LogP contribution < -0.4 is 0 Å². The molecule has 0 bridgehead atoms. The Labute approximate surface area is 191 Å². The van der Waals surface area contributed by atoms with Gasteiger partial charge >= 0.3 is 0 Å². The largest absolute Gasteiger partial charge is 0.342 e. The zero-order valence-electron chi connectivity index (χ0n) is 17.7. The number of aryl methyl sites for hydroxylation is 1. The predicted molar refractivity (Wildman–Crippen MR) is 122 cm³/mol. The van der Waals surface area contributed by atoms with Crippen LogP contribution in [0.25, 0.3) is 11.4 Å². The number of nitrogens with zero attached hydrogens (tertiary/aromatic N) is 5. The number of carbonyl (C=O) groups excluding carboxylic acids is 1. The highest BCUT2D eigenvalue weighted by Gasteiger charge is 2.30. The molecule has 1 unspecified atom stereocenters. The average molecular weight is 495 g/mol. The summed E-state index contributed by atoms with van der Waals surface area (Å²) >= 11 is 9.80. The highest BCUT2D eigenvalue weighted by Crippen LogP contribution is 2.29. The molecule has 2 aromatic rings. The van der Waals surface area contributed by atoms with E-state index in [2.05, 4.69) is 42.7 Å². The summed E-state index contributed by atoms with van der Waals surface area (Å²) in [6, 6.07) is 5.74. The minimum absolute atomic E-state index is 0.167. The SMILES string of the molecule is Cc1nc(-c2ccc(Br)cc2Cl)nn1CN1CCC(C(=O)N2CCCC(C)C2)CC1. The van der Waals surface area contributed by atoms with Crippen molar-refractivity contribution in [2.45, 2.75) is 46.2 Å². The van der Waals surface area contributed by atoms with Gasteiger partial charge in [-0.25, -0.2) is 9.67 Å². The molecule has 162 valence electrons. The molecule has 0 spiro atoms. The Morgan fingerprint density at radius 3 is 2.70 bits per heavy atom. The van der Waals surface area contributed by atoms with E-state index in [1.165, 1.54) is 6.42 Å². The van der Waals surface area contributed by atoms with Gasteiger partial charge in [0.2, 0.25) is 5.91 Å². The van der Waals surface area contributed by atoms with Gasteiger partial charge in [-0.1, -0.05) is 34.5 Å². The molecule has 2 aliphatic heterocycles. The van der Waals surface area contributed by atoms with Crippen molar-refractivity contribution in [3.05, 3.63) is 33.5 Å². The summed E-state index contributed by atoms with van der Waals surface area (Å²) in [5.74, 6) is 2.68. The number of rotatable bonds is 4. The molecule has 0 N–H and O–H groups in total. The topological polar surface area (TPSA) is 54.3 Å². The van der Waals surface area contributed by atoms with Crippen LogP contribution in [0, 0.1) is 18.8 Å². The number of hydrogen-bond acceptors (Lipinski definition) is 4. The molecule has 2 saturated heterocycles. The van der Waals surface area contributed by atoms with Crippen LogP contribution in [0.15, 0.2) is 22.7 Å². The second-order valence-electron chi connectivity index (χ2n) is 8.67. The van der Waals surface area contributed by atoms with Crippen LogP contribution in [0.1, 0.15) is 38.4 Å². The van der Waals surface area contributed by atoms with Crippen LogP contribution in [0.2, 0.25) is 5.02 Å². The number of carbonyl (C=O) groups is 1. The van der Waals surface area contributed by atoms with Crippen molar-refractivity contribution >= 4 is 33.4 Å². The summed E-state index contributed by atoms with van der Waals surface area (Å²) in [5, 5.41) is 5.32. The molecule has 1 atom stereocenters. The van der Waals surface area contributed by atoms with Gasteiger partial charge in [-0.05, 0) is 56.7 Å². The molecular weight excluding hydrogens is 466 g/mol. The lowest BCUT2D eigenvalue weighted by Crippen LogP contribution is -2.46. The van der Waals surface area contributed by atoms with Crippen LogP contribution in [-0.2, 0) is 11.5 Å². The van der Waals surface area contributed by atoms with Crippen molar-refractivity contribution in [3.63, 3.8) is 0 Å². The van der Waals surface area contributed by atoms with E-state index in [1.54, 1.807) is 0 Å². The summed E-state index contributed by atoms with van der Waals surface area (Å²) in [6.45, 7) is 8.59. The molecule has 2 aliphatic rings. The number of benzene rings is 1. The van der Waals surface area contributed by atoms with E-state index in [0.29, 0.717) is 29.3 Å². The van der Waals surface area contributed by atoms with E-state index < -0.39 is 0 Å². The quantitative estimate of drug-likeness (QED) is 0.623. The van der Waals surface area contributed by atoms with E-state index >= 15 is 0 Å². The fraction of sp³-hybridized carbons (Fsp3) is 0.591.